The van der Waals surface area contributed by atoms with Crippen molar-refractivity contribution >= 4 is 45.2 Å². The monoisotopic (exact) mass is 538 g/mol. The topological polar surface area (TPSA) is 71.3 Å². The summed E-state index contributed by atoms with van der Waals surface area (Å²) in [5.74, 6) is 0.870. The molecule has 0 saturated heterocycles. The first-order valence-corrected chi connectivity index (χ1v) is 12.0. The molecule has 0 aliphatic carbocycles. The number of carbonyl (C=O) groups is 1. The molecule has 5 nitrogen and oxygen atoms in total. The van der Waals surface area contributed by atoms with Crippen molar-refractivity contribution in [1.29, 1.82) is 5.26 Å². The lowest BCUT2D eigenvalue weighted by Crippen LogP contribution is -2.13. The number of ether oxygens (including phenoxy) is 2. The predicted octanol–water partition coefficient (Wildman–Crippen LogP) is 7.04. The molecule has 0 saturated carbocycles. The highest BCUT2D eigenvalue weighted by atomic mass is 79.9. The molecule has 3 rings (SSSR count). The summed E-state index contributed by atoms with van der Waals surface area (Å²) in [5, 5.41) is 13.0. The zero-order valence-electron chi connectivity index (χ0n) is 18.9. The van der Waals surface area contributed by atoms with E-state index >= 15 is 0 Å². The maximum atomic E-state index is 12.7. The van der Waals surface area contributed by atoms with Gasteiger partial charge in [-0.3, -0.25) is 4.79 Å². The lowest BCUT2D eigenvalue weighted by molar-refractivity contribution is -0.112. The first-order chi connectivity index (χ1) is 16.4. The van der Waals surface area contributed by atoms with Crippen molar-refractivity contribution in [3.63, 3.8) is 0 Å². The van der Waals surface area contributed by atoms with Crippen molar-refractivity contribution in [3.05, 3.63) is 92.4 Å². The van der Waals surface area contributed by atoms with Crippen molar-refractivity contribution in [2.45, 2.75) is 20.3 Å². The molecule has 0 heterocycles. The molecular formula is C27H24BrClN2O3. The number of carbonyl (C=O) groups excluding carboxylic acids is 1. The summed E-state index contributed by atoms with van der Waals surface area (Å²) in [6.45, 7) is 4.83. The van der Waals surface area contributed by atoms with Gasteiger partial charge in [0, 0.05) is 27.2 Å². The van der Waals surface area contributed by atoms with E-state index in [0.29, 0.717) is 47.4 Å². The average Bonchev–Trinajstić information content (AvgIpc) is 2.82. The molecule has 0 fully saturated rings. The summed E-state index contributed by atoms with van der Waals surface area (Å²) in [5.41, 5.74) is 3.12. The van der Waals surface area contributed by atoms with Crippen LogP contribution in [0.25, 0.3) is 6.08 Å². The second-order valence-corrected chi connectivity index (χ2v) is 8.52. The Morgan fingerprint density at radius 1 is 1.09 bits per heavy atom. The number of nitrogens with zero attached hydrogens (tertiary/aromatic N) is 1. The molecule has 7 heteroatoms. The quantitative estimate of drug-likeness (QED) is 0.234. The van der Waals surface area contributed by atoms with E-state index < -0.39 is 5.91 Å². The van der Waals surface area contributed by atoms with Crippen LogP contribution in [0.5, 0.6) is 11.5 Å². The Bertz CT molecular complexity index is 1230. The number of hydrogen-bond donors (Lipinski definition) is 1. The van der Waals surface area contributed by atoms with E-state index in [-0.39, 0.29) is 5.57 Å². The van der Waals surface area contributed by atoms with Crippen molar-refractivity contribution in [2.75, 3.05) is 18.5 Å². The number of anilines is 1. The predicted molar refractivity (Wildman–Crippen MR) is 139 cm³/mol. The van der Waals surface area contributed by atoms with Gasteiger partial charge in [0.15, 0.2) is 0 Å². The van der Waals surface area contributed by atoms with E-state index in [1.165, 1.54) is 6.08 Å². The minimum Gasteiger partial charge on any atom is -0.494 e. The average molecular weight is 540 g/mol. The molecule has 0 unspecified atom stereocenters. The summed E-state index contributed by atoms with van der Waals surface area (Å²) in [4.78, 5) is 12.7. The fraction of sp³-hybridized carbons (Fsp3) is 0.185. The molecule has 0 spiro atoms. The number of hydrogen-bond acceptors (Lipinski definition) is 4. The van der Waals surface area contributed by atoms with Crippen LogP contribution in [0.1, 0.15) is 30.5 Å². The highest BCUT2D eigenvalue weighted by molar-refractivity contribution is 9.10. The first kappa shape index (κ1) is 25.4. The van der Waals surface area contributed by atoms with Gasteiger partial charge < -0.3 is 14.8 Å². The molecule has 3 aromatic rings. The van der Waals surface area contributed by atoms with Crippen molar-refractivity contribution in [3.8, 4) is 17.6 Å². The molecule has 34 heavy (non-hydrogen) atoms. The van der Waals surface area contributed by atoms with E-state index in [1.54, 1.807) is 24.3 Å². The fourth-order valence-electron chi connectivity index (χ4n) is 3.32. The van der Waals surface area contributed by atoms with Crippen LogP contribution in [0.4, 0.5) is 5.69 Å². The lowest BCUT2D eigenvalue weighted by Gasteiger charge is -2.15. The Hall–Kier alpha value is -3.27. The number of benzene rings is 3. The van der Waals surface area contributed by atoms with Crippen LogP contribution < -0.4 is 14.8 Å². The molecule has 1 N–H and O–H groups in total. The molecule has 3 aromatic carbocycles. The molecule has 0 aromatic heterocycles. The summed E-state index contributed by atoms with van der Waals surface area (Å²) in [6, 6.07) is 20.3. The third-order valence-corrected chi connectivity index (χ3v) is 5.98. The zero-order chi connectivity index (χ0) is 24.5. The Morgan fingerprint density at radius 2 is 1.79 bits per heavy atom. The van der Waals surface area contributed by atoms with Crippen LogP contribution in [0.2, 0.25) is 5.02 Å². The number of nitriles is 1. The maximum Gasteiger partial charge on any atom is 0.266 e. The van der Waals surface area contributed by atoms with Gasteiger partial charge in [-0.1, -0.05) is 45.7 Å². The van der Waals surface area contributed by atoms with E-state index in [9.17, 15) is 10.1 Å². The van der Waals surface area contributed by atoms with E-state index in [2.05, 4.69) is 21.2 Å². The SMILES string of the molecule is CCOc1ccc(NC(=O)/C(C#N)=C/c2cc(Br)c(Cc3ccccc3Cl)c(OCC)c2)cc1. The molecule has 0 atom stereocenters. The Kier molecular flexibility index (Phi) is 9.15. The van der Waals surface area contributed by atoms with Gasteiger partial charge in [0.1, 0.15) is 23.1 Å². The molecule has 1 amide bonds. The molecule has 0 radical (unpaired) electrons. The van der Waals surface area contributed by atoms with Crippen LogP contribution in [0, 0.1) is 11.3 Å². The molecule has 174 valence electrons. The van der Waals surface area contributed by atoms with Gasteiger partial charge in [-0.2, -0.15) is 5.26 Å². The molecule has 0 aliphatic heterocycles. The summed E-state index contributed by atoms with van der Waals surface area (Å²) < 4.78 is 12.1. The van der Waals surface area contributed by atoms with Crippen LogP contribution in [-0.4, -0.2) is 19.1 Å². The van der Waals surface area contributed by atoms with Gasteiger partial charge in [0.25, 0.3) is 5.91 Å². The van der Waals surface area contributed by atoms with Crippen LogP contribution in [-0.2, 0) is 11.2 Å². The largest absolute Gasteiger partial charge is 0.494 e. The van der Waals surface area contributed by atoms with Crippen LogP contribution >= 0.6 is 27.5 Å². The highest BCUT2D eigenvalue weighted by Gasteiger charge is 2.15. The zero-order valence-corrected chi connectivity index (χ0v) is 21.2. The van der Waals surface area contributed by atoms with Gasteiger partial charge in [-0.15, -0.1) is 0 Å². The van der Waals surface area contributed by atoms with Crippen molar-refractivity contribution < 1.29 is 14.3 Å². The number of halogens is 2. The third-order valence-electron chi connectivity index (χ3n) is 4.90. The summed E-state index contributed by atoms with van der Waals surface area (Å²) in [6.07, 6.45) is 2.11. The van der Waals surface area contributed by atoms with Crippen LogP contribution in [0.3, 0.4) is 0 Å². The maximum absolute atomic E-state index is 12.7. The Labute approximate surface area is 213 Å². The number of amides is 1. The molecule has 0 aliphatic rings. The van der Waals surface area contributed by atoms with E-state index in [1.807, 2.05) is 56.3 Å². The van der Waals surface area contributed by atoms with Crippen molar-refractivity contribution in [1.82, 2.24) is 0 Å². The molecular weight excluding hydrogens is 516 g/mol. The normalized spacial score (nSPS) is 11.0. The van der Waals surface area contributed by atoms with E-state index in [0.717, 1.165) is 15.6 Å². The Balaban J connectivity index is 1.86. The smallest absolute Gasteiger partial charge is 0.266 e. The van der Waals surface area contributed by atoms with Crippen molar-refractivity contribution in [2.24, 2.45) is 0 Å². The number of nitrogens with one attached hydrogen (secondary N) is 1. The van der Waals surface area contributed by atoms with Gasteiger partial charge in [-0.05, 0) is 73.5 Å². The van der Waals surface area contributed by atoms with Gasteiger partial charge in [-0.25, -0.2) is 0 Å². The number of rotatable bonds is 9. The summed E-state index contributed by atoms with van der Waals surface area (Å²) in [7, 11) is 0. The second kappa shape index (κ2) is 12.3. The standard InChI is InChI=1S/C27H24BrClN2O3/c1-3-33-22-11-9-21(10-12-22)31-27(32)20(17-30)13-18-14-24(28)23(26(15-18)34-4-2)16-19-7-5-6-8-25(19)29/h5-15H,3-4,16H2,1-2H3,(H,31,32)/b20-13+. The van der Waals surface area contributed by atoms with Gasteiger partial charge in [0.05, 0.1) is 13.2 Å². The second-order valence-electron chi connectivity index (χ2n) is 7.26. The van der Waals surface area contributed by atoms with Gasteiger partial charge in [0.2, 0.25) is 0 Å². The minimum absolute atomic E-state index is 0.0258. The van der Waals surface area contributed by atoms with E-state index in [4.69, 9.17) is 21.1 Å². The highest BCUT2D eigenvalue weighted by Crippen LogP contribution is 2.33. The minimum atomic E-state index is -0.499. The fourth-order valence-corrected chi connectivity index (χ4v) is 4.12. The van der Waals surface area contributed by atoms with Gasteiger partial charge >= 0.3 is 0 Å². The third kappa shape index (κ3) is 6.63. The summed E-state index contributed by atoms with van der Waals surface area (Å²) >= 11 is 9.97. The molecule has 0 bridgehead atoms. The Morgan fingerprint density at radius 3 is 2.44 bits per heavy atom. The lowest BCUT2D eigenvalue weighted by atomic mass is 10.0. The van der Waals surface area contributed by atoms with Crippen LogP contribution in [0.15, 0.2) is 70.7 Å². The first-order valence-electron chi connectivity index (χ1n) is 10.8.